The molecule has 4 heteroatoms. The average molecular weight is 221 g/mol. The Bertz CT molecular complexity index is 388. The second-order valence-electron chi connectivity index (χ2n) is 4.99. The number of aliphatic hydroxyl groups is 1. The maximum atomic E-state index is 9.91. The van der Waals surface area contributed by atoms with Gasteiger partial charge in [-0.3, -0.25) is 4.90 Å². The van der Waals surface area contributed by atoms with Crippen molar-refractivity contribution in [3.05, 3.63) is 17.7 Å². The van der Waals surface area contributed by atoms with Crippen LogP contribution in [-0.2, 0) is 6.54 Å². The average Bonchev–Trinajstić information content (AvgIpc) is 2.84. The van der Waals surface area contributed by atoms with E-state index in [4.69, 9.17) is 0 Å². The molecule has 1 aromatic heterocycles. The van der Waals surface area contributed by atoms with Crippen molar-refractivity contribution in [3.8, 4) is 0 Å². The van der Waals surface area contributed by atoms with Crippen LogP contribution >= 0.6 is 0 Å². The third-order valence-corrected chi connectivity index (χ3v) is 3.94. The Morgan fingerprint density at radius 2 is 2.12 bits per heavy atom. The molecule has 0 aliphatic carbocycles. The van der Waals surface area contributed by atoms with Gasteiger partial charge in [0.1, 0.15) is 5.82 Å². The number of nitrogens with zero attached hydrogens (tertiary/aromatic N) is 3. The Morgan fingerprint density at radius 1 is 1.31 bits per heavy atom. The van der Waals surface area contributed by atoms with Crippen LogP contribution in [-0.4, -0.2) is 33.1 Å². The predicted molar refractivity (Wildman–Crippen MR) is 61.0 cm³/mol. The topological polar surface area (TPSA) is 41.3 Å². The minimum absolute atomic E-state index is 0.304. The zero-order chi connectivity index (χ0) is 11.1. The maximum absolute atomic E-state index is 9.91. The van der Waals surface area contributed by atoms with E-state index in [2.05, 4.69) is 21.5 Å². The highest BCUT2D eigenvalue weighted by atomic mass is 16.3. The van der Waals surface area contributed by atoms with E-state index in [9.17, 15) is 5.11 Å². The zero-order valence-corrected chi connectivity index (χ0v) is 9.76. The van der Waals surface area contributed by atoms with Crippen LogP contribution in [0.3, 0.4) is 0 Å². The standard InChI is InChI=1S/C12H19N3O/c1-14-6-2-4-9(14)12-13-8-10-11(16)5-3-7-15(10)12/h8-9,11,16H,2-7H2,1H3. The van der Waals surface area contributed by atoms with Crippen molar-refractivity contribution >= 4 is 0 Å². The molecular formula is C12H19N3O. The fourth-order valence-corrected chi connectivity index (χ4v) is 3.01. The van der Waals surface area contributed by atoms with Gasteiger partial charge in [-0.2, -0.15) is 0 Å². The summed E-state index contributed by atoms with van der Waals surface area (Å²) in [7, 11) is 2.17. The molecular weight excluding hydrogens is 202 g/mol. The summed E-state index contributed by atoms with van der Waals surface area (Å²) < 4.78 is 2.24. The van der Waals surface area contributed by atoms with Crippen LogP contribution < -0.4 is 0 Å². The van der Waals surface area contributed by atoms with E-state index in [0.717, 1.165) is 37.4 Å². The molecule has 4 nitrogen and oxygen atoms in total. The first-order valence-corrected chi connectivity index (χ1v) is 6.21. The quantitative estimate of drug-likeness (QED) is 0.781. The van der Waals surface area contributed by atoms with Crippen LogP contribution in [0.25, 0.3) is 0 Å². The maximum Gasteiger partial charge on any atom is 0.126 e. The molecule has 0 spiro atoms. The number of likely N-dealkylation sites (tertiary alicyclic amines) is 1. The van der Waals surface area contributed by atoms with Crippen molar-refractivity contribution in [3.63, 3.8) is 0 Å². The van der Waals surface area contributed by atoms with Crippen LogP contribution in [0, 0.1) is 0 Å². The minimum Gasteiger partial charge on any atom is -0.387 e. The number of fused-ring (bicyclic) bond motifs is 1. The van der Waals surface area contributed by atoms with Gasteiger partial charge < -0.3 is 9.67 Å². The fraction of sp³-hybridized carbons (Fsp3) is 0.750. The van der Waals surface area contributed by atoms with Crippen molar-refractivity contribution in [2.24, 2.45) is 0 Å². The number of hydrogen-bond donors (Lipinski definition) is 1. The lowest BCUT2D eigenvalue weighted by atomic mass is 10.1. The SMILES string of the molecule is CN1CCCC1c1ncc2n1CCCC2O. The summed E-state index contributed by atoms with van der Waals surface area (Å²) in [6, 6.07) is 0.457. The molecule has 2 atom stereocenters. The van der Waals surface area contributed by atoms with Crippen LogP contribution in [0.15, 0.2) is 6.20 Å². The lowest BCUT2D eigenvalue weighted by Gasteiger charge is -2.25. The van der Waals surface area contributed by atoms with Gasteiger partial charge in [-0.25, -0.2) is 4.98 Å². The highest BCUT2D eigenvalue weighted by Gasteiger charge is 2.30. The first kappa shape index (κ1) is 10.3. The van der Waals surface area contributed by atoms with Crippen LogP contribution in [0.2, 0.25) is 0 Å². The van der Waals surface area contributed by atoms with Gasteiger partial charge in [0.25, 0.3) is 0 Å². The molecule has 1 aromatic rings. The molecule has 88 valence electrons. The fourth-order valence-electron chi connectivity index (χ4n) is 3.01. The minimum atomic E-state index is -0.304. The molecule has 0 aromatic carbocycles. The summed E-state index contributed by atoms with van der Waals surface area (Å²) >= 11 is 0. The highest BCUT2D eigenvalue weighted by molar-refractivity contribution is 5.14. The molecule has 1 saturated heterocycles. The largest absolute Gasteiger partial charge is 0.387 e. The lowest BCUT2D eigenvalue weighted by molar-refractivity contribution is 0.136. The Labute approximate surface area is 95.9 Å². The monoisotopic (exact) mass is 221 g/mol. The van der Waals surface area contributed by atoms with Crippen molar-refractivity contribution in [2.75, 3.05) is 13.6 Å². The van der Waals surface area contributed by atoms with E-state index in [-0.39, 0.29) is 6.10 Å². The van der Waals surface area contributed by atoms with Gasteiger partial charge in [-0.05, 0) is 39.3 Å². The summed E-state index contributed by atoms with van der Waals surface area (Å²) in [6.07, 6.45) is 5.96. The van der Waals surface area contributed by atoms with Gasteiger partial charge in [0, 0.05) is 6.54 Å². The Hall–Kier alpha value is -0.870. The van der Waals surface area contributed by atoms with Crippen molar-refractivity contribution in [2.45, 2.75) is 44.4 Å². The molecule has 16 heavy (non-hydrogen) atoms. The Morgan fingerprint density at radius 3 is 2.88 bits per heavy atom. The molecule has 3 rings (SSSR count). The second-order valence-corrected chi connectivity index (χ2v) is 4.99. The molecule has 1 fully saturated rings. The van der Waals surface area contributed by atoms with Gasteiger partial charge in [0.05, 0.1) is 24.0 Å². The van der Waals surface area contributed by atoms with Crippen LogP contribution in [0.1, 0.15) is 49.3 Å². The third kappa shape index (κ3) is 1.48. The molecule has 2 aliphatic heterocycles. The predicted octanol–water partition coefficient (Wildman–Crippen LogP) is 1.48. The Balaban J connectivity index is 1.96. The normalized spacial score (nSPS) is 30.6. The molecule has 2 unspecified atom stereocenters. The number of imidazole rings is 1. The smallest absolute Gasteiger partial charge is 0.126 e. The van der Waals surface area contributed by atoms with Crippen LogP contribution in [0.4, 0.5) is 0 Å². The van der Waals surface area contributed by atoms with E-state index in [1.807, 2.05) is 6.20 Å². The van der Waals surface area contributed by atoms with Crippen molar-refractivity contribution < 1.29 is 5.11 Å². The third-order valence-electron chi connectivity index (χ3n) is 3.94. The van der Waals surface area contributed by atoms with Crippen LogP contribution in [0.5, 0.6) is 0 Å². The molecule has 0 bridgehead atoms. The summed E-state index contributed by atoms with van der Waals surface area (Å²) in [5.74, 6) is 1.16. The lowest BCUT2D eigenvalue weighted by Crippen LogP contribution is -2.24. The molecule has 0 radical (unpaired) electrons. The number of aliphatic hydroxyl groups excluding tert-OH is 1. The van der Waals surface area contributed by atoms with Gasteiger partial charge in [0.2, 0.25) is 0 Å². The second kappa shape index (κ2) is 3.86. The van der Waals surface area contributed by atoms with Gasteiger partial charge in [-0.1, -0.05) is 0 Å². The molecule has 3 heterocycles. The number of hydrogen-bond acceptors (Lipinski definition) is 3. The highest BCUT2D eigenvalue weighted by Crippen LogP contribution is 2.33. The molecule has 0 amide bonds. The summed E-state index contributed by atoms with van der Waals surface area (Å²) in [4.78, 5) is 6.91. The van der Waals surface area contributed by atoms with Gasteiger partial charge in [-0.15, -0.1) is 0 Å². The zero-order valence-electron chi connectivity index (χ0n) is 9.76. The number of rotatable bonds is 1. The van der Waals surface area contributed by atoms with E-state index in [1.54, 1.807) is 0 Å². The molecule has 1 N–H and O–H groups in total. The summed E-state index contributed by atoms with van der Waals surface area (Å²) in [5.41, 5.74) is 1.02. The first-order chi connectivity index (χ1) is 7.77. The van der Waals surface area contributed by atoms with Gasteiger partial charge >= 0.3 is 0 Å². The van der Waals surface area contributed by atoms with Gasteiger partial charge in [0.15, 0.2) is 0 Å². The summed E-state index contributed by atoms with van der Waals surface area (Å²) in [5, 5.41) is 9.91. The van der Waals surface area contributed by atoms with E-state index >= 15 is 0 Å². The summed E-state index contributed by atoms with van der Waals surface area (Å²) in [6.45, 7) is 2.18. The Kier molecular flexibility index (Phi) is 2.48. The first-order valence-electron chi connectivity index (χ1n) is 6.21. The van der Waals surface area contributed by atoms with Crippen molar-refractivity contribution in [1.82, 2.24) is 14.5 Å². The molecule has 2 aliphatic rings. The van der Waals surface area contributed by atoms with E-state index in [0.29, 0.717) is 6.04 Å². The van der Waals surface area contributed by atoms with Crippen molar-refractivity contribution in [1.29, 1.82) is 0 Å². The van der Waals surface area contributed by atoms with E-state index < -0.39 is 0 Å². The van der Waals surface area contributed by atoms with E-state index in [1.165, 1.54) is 12.8 Å². The molecule has 0 saturated carbocycles. The number of aromatic nitrogens is 2.